The minimum Gasteiger partial charge on any atom is -0.497 e. The highest BCUT2D eigenvalue weighted by Crippen LogP contribution is 2.24. The number of ether oxygens (including phenoxy) is 2. The van der Waals surface area contributed by atoms with Crippen molar-refractivity contribution in [2.75, 3.05) is 13.7 Å². The number of rotatable bonds is 5. The van der Waals surface area contributed by atoms with Crippen LogP contribution in [0.1, 0.15) is 18.9 Å². The Morgan fingerprint density at radius 1 is 1.37 bits per heavy atom. The van der Waals surface area contributed by atoms with Gasteiger partial charge in [-0.3, -0.25) is 4.90 Å². The molecular formula is C14H19NO4. The van der Waals surface area contributed by atoms with E-state index in [2.05, 4.69) is 0 Å². The molecule has 0 radical (unpaired) electrons. The van der Waals surface area contributed by atoms with Crippen molar-refractivity contribution in [2.45, 2.75) is 32.0 Å². The second-order valence-electron chi connectivity index (χ2n) is 4.65. The Hall–Kier alpha value is -1.75. The lowest BCUT2D eigenvalue weighted by atomic mass is 10.1. The molecule has 1 unspecified atom stereocenters. The molecule has 0 bridgehead atoms. The highest BCUT2D eigenvalue weighted by molar-refractivity contribution is 5.70. The van der Waals surface area contributed by atoms with Crippen LogP contribution in [0, 0.1) is 0 Å². The fraction of sp³-hybridized carbons (Fsp3) is 0.500. The van der Waals surface area contributed by atoms with Crippen LogP contribution in [0.3, 0.4) is 0 Å². The number of nitrogens with zero attached hydrogens (tertiary/aromatic N) is 1. The van der Waals surface area contributed by atoms with Crippen LogP contribution in [0.25, 0.3) is 0 Å². The monoisotopic (exact) mass is 265 g/mol. The van der Waals surface area contributed by atoms with Crippen molar-refractivity contribution in [1.82, 2.24) is 4.90 Å². The standard InChI is InChI=1S/C14H19NO4/c1-10-13(7-8-16)19-14(17)15(10)9-11-3-5-12(18-2)6-4-11/h3-6,10,13,16H,7-9H2,1-2H3/t10-,13?/m0/s1. The Bertz CT molecular complexity index is 432. The molecule has 19 heavy (non-hydrogen) atoms. The van der Waals surface area contributed by atoms with Crippen LogP contribution in [-0.4, -0.2) is 42.0 Å². The molecule has 0 spiro atoms. The largest absolute Gasteiger partial charge is 0.497 e. The molecule has 0 saturated carbocycles. The van der Waals surface area contributed by atoms with Crippen molar-refractivity contribution >= 4 is 6.09 Å². The Balaban J connectivity index is 2.03. The summed E-state index contributed by atoms with van der Waals surface area (Å²) >= 11 is 0. The summed E-state index contributed by atoms with van der Waals surface area (Å²) in [5.41, 5.74) is 1.02. The van der Waals surface area contributed by atoms with Crippen LogP contribution in [0.5, 0.6) is 5.75 Å². The predicted octanol–water partition coefficient (Wildman–Crippen LogP) is 1.79. The molecule has 0 aromatic heterocycles. The summed E-state index contributed by atoms with van der Waals surface area (Å²) in [7, 11) is 1.62. The molecule has 1 aromatic carbocycles. The van der Waals surface area contributed by atoms with E-state index in [0.29, 0.717) is 13.0 Å². The number of benzene rings is 1. The summed E-state index contributed by atoms with van der Waals surface area (Å²) in [5, 5.41) is 8.94. The molecule has 1 saturated heterocycles. The minimum absolute atomic E-state index is 0.0262. The van der Waals surface area contributed by atoms with E-state index in [-0.39, 0.29) is 24.8 Å². The summed E-state index contributed by atoms with van der Waals surface area (Å²) in [4.78, 5) is 13.5. The highest BCUT2D eigenvalue weighted by atomic mass is 16.6. The van der Waals surface area contributed by atoms with Gasteiger partial charge in [0.2, 0.25) is 0 Å². The molecule has 1 aliphatic heterocycles. The van der Waals surface area contributed by atoms with Gasteiger partial charge >= 0.3 is 6.09 Å². The van der Waals surface area contributed by atoms with E-state index in [1.165, 1.54) is 0 Å². The Kier molecular flexibility index (Phi) is 4.27. The topological polar surface area (TPSA) is 59.0 Å². The first-order valence-electron chi connectivity index (χ1n) is 6.36. The molecule has 104 valence electrons. The van der Waals surface area contributed by atoms with E-state index in [4.69, 9.17) is 14.6 Å². The summed E-state index contributed by atoms with van der Waals surface area (Å²) < 4.78 is 10.3. The summed E-state index contributed by atoms with van der Waals surface area (Å²) in [6, 6.07) is 7.57. The Morgan fingerprint density at radius 3 is 2.63 bits per heavy atom. The van der Waals surface area contributed by atoms with Crippen molar-refractivity contribution in [3.63, 3.8) is 0 Å². The van der Waals surface area contributed by atoms with Crippen LogP contribution in [0.15, 0.2) is 24.3 Å². The lowest BCUT2D eigenvalue weighted by Gasteiger charge is -2.20. The number of aliphatic hydroxyl groups excluding tert-OH is 1. The predicted molar refractivity (Wildman–Crippen MR) is 70.0 cm³/mol. The molecule has 1 aromatic rings. The number of hydrogen-bond donors (Lipinski definition) is 1. The quantitative estimate of drug-likeness (QED) is 0.881. The van der Waals surface area contributed by atoms with Gasteiger partial charge in [0.25, 0.3) is 0 Å². The lowest BCUT2D eigenvalue weighted by Crippen LogP contribution is -2.33. The maximum absolute atomic E-state index is 11.8. The van der Waals surface area contributed by atoms with E-state index in [9.17, 15) is 4.79 Å². The highest BCUT2D eigenvalue weighted by Gasteiger charge is 2.37. The summed E-state index contributed by atoms with van der Waals surface area (Å²) in [5.74, 6) is 0.791. The molecule has 1 heterocycles. The van der Waals surface area contributed by atoms with Gasteiger partial charge in [-0.25, -0.2) is 4.79 Å². The first-order chi connectivity index (χ1) is 9.15. The third kappa shape index (κ3) is 2.98. The van der Waals surface area contributed by atoms with Crippen molar-refractivity contribution in [2.24, 2.45) is 0 Å². The average molecular weight is 265 g/mol. The zero-order valence-corrected chi connectivity index (χ0v) is 11.2. The normalized spacial score (nSPS) is 22.5. The SMILES string of the molecule is COc1ccc(CN2C(=O)OC(CCO)[C@@H]2C)cc1. The third-order valence-corrected chi connectivity index (χ3v) is 3.44. The van der Waals surface area contributed by atoms with Crippen LogP contribution in [0.2, 0.25) is 0 Å². The second kappa shape index (κ2) is 5.93. The molecule has 5 nitrogen and oxygen atoms in total. The maximum Gasteiger partial charge on any atom is 0.410 e. The van der Waals surface area contributed by atoms with Crippen LogP contribution in [0.4, 0.5) is 4.79 Å². The van der Waals surface area contributed by atoms with Crippen LogP contribution in [-0.2, 0) is 11.3 Å². The van der Waals surface area contributed by atoms with E-state index < -0.39 is 0 Å². The zero-order valence-electron chi connectivity index (χ0n) is 11.2. The molecule has 2 rings (SSSR count). The van der Waals surface area contributed by atoms with Crippen molar-refractivity contribution in [1.29, 1.82) is 0 Å². The fourth-order valence-electron chi connectivity index (χ4n) is 2.23. The Morgan fingerprint density at radius 2 is 2.05 bits per heavy atom. The molecule has 0 aliphatic carbocycles. The minimum atomic E-state index is -0.318. The van der Waals surface area contributed by atoms with Crippen molar-refractivity contribution in [3.05, 3.63) is 29.8 Å². The van der Waals surface area contributed by atoms with E-state index in [0.717, 1.165) is 11.3 Å². The van der Waals surface area contributed by atoms with E-state index >= 15 is 0 Å². The van der Waals surface area contributed by atoms with E-state index in [1.807, 2.05) is 31.2 Å². The van der Waals surface area contributed by atoms with Gasteiger partial charge in [-0.05, 0) is 24.6 Å². The first-order valence-corrected chi connectivity index (χ1v) is 6.36. The third-order valence-electron chi connectivity index (χ3n) is 3.44. The van der Waals surface area contributed by atoms with Gasteiger partial charge in [0, 0.05) is 19.6 Å². The summed E-state index contributed by atoms with van der Waals surface area (Å²) in [6.07, 6.45) is -0.0658. The molecule has 1 aliphatic rings. The van der Waals surface area contributed by atoms with Crippen molar-refractivity contribution in [3.8, 4) is 5.75 Å². The van der Waals surface area contributed by atoms with Gasteiger partial charge in [-0.15, -0.1) is 0 Å². The van der Waals surface area contributed by atoms with Gasteiger partial charge in [0.05, 0.1) is 13.2 Å². The molecular weight excluding hydrogens is 246 g/mol. The number of amides is 1. The van der Waals surface area contributed by atoms with E-state index in [1.54, 1.807) is 12.0 Å². The summed E-state index contributed by atoms with van der Waals surface area (Å²) in [6.45, 7) is 2.47. The van der Waals surface area contributed by atoms with Gasteiger partial charge in [0.1, 0.15) is 11.9 Å². The Labute approximate surface area is 112 Å². The van der Waals surface area contributed by atoms with Crippen molar-refractivity contribution < 1.29 is 19.4 Å². The zero-order chi connectivity index (χ0) is 13.8. The number of cyclic esters (lactones) is 1. The van der Waals surface area contributed by atoms with Crippen LogP contribution >= 0.6 is 0 Å². The number of hydrogen-bond acceptors (Lipinski definition) is 4. The molecule has 1 N–H and O–H groups in total. The van der Waals surface area contributed by atoms with Crippen LogP contribution < -0.4 is 4.74 Å². The second-order valence-corrected chi connectivity index (χ2v) is 4.65. The molecule has 1 fully saturated rings. The maximum atomic E-state index is 11.8. The number of aliphatic hydroxyl groups is 1. The lowest BCUT2D eigenvalue weighted by molar-refractivity contribution is 0.111. The smallest absolute Gasteiger partial charge is 0.410 e. The average Bonchev–Trinajstić information content (AvgIpc) is 2.68. The molecule has 2 atom stereocenters. The number of carbonyl (C=O) groups is 1. The molecule has 1 amide bonds. The van der Waals surface area contributed by atoms with Gasteiger partial charge in [0.15, 0.2) is 0 Å². The molecule has 5 heteroatoms. The number of methoxy groups -OCH3 is 1. The first kappa shape index (κ1) is 13.7. The fourth-order valence-corrected chi connectivity index (χ4v) is 2.23. The van der Waals surface area contributed by atoms with Gasteiger partial charge < -0.3 is 14.6 Å². The number of carbonyl (C=O) groups excluding carboxylic acids is 1. The van der Waals surface area contributed by atoms with Gasteiger partial charge in [-0.2, -0.15) is 0 Å². The van der Waals surface area contributed by atoms with Gasteiger partial charge in [-0.1, -0.05) is 12.1 Å².